The van der Waals surface area contributed by atoms with E-state index in [1.165, 1.54) is 0 Å². The number of hydrogen-bond acceptors (Lipinski definition) is 10. The minimum Gasteiger partial charge on any atom is -0.491 e. The van der Waals surface area contributed by atoms with E-state index in [2.05, 4.69) is 0 Å². The maximum Gasteiger partial charge on any atom is 0.195 e. The Morgan fingerprint density at radius 3 is 2.15 bits per heavy atom. The lowest BCUT2D eigenvalue weighted by Crippen LogP contribution is -2.26. The van der Waals surface area contributed by atoms with Gasteiger partial charge in [0.2, 0.25) is 0 Å². The molecule has 10 heteroatoms. The van der Waals surface area contributed by atoms with E-state index < -0.39 is 0 Å². The van der Waals surface area contributed by atoms with E-state index in [0.717, 1.165) is 84.6 Å². The molecule has 1 saturated heterocycles. The van der Waals surface area contributed by atoms with Crippen LogP contribution < -0.4 is 20.3 Å². The molecule has 200 valence electrons. The molecule has 0 saturated carbocycles. The number of ether oxygens (including phenoxy) is 4. The molecule has 0 amide bonds. The maximum absolute atomic E-state index is 13.9. The van der Waals surface area contributed by atoms with Gasteiger partial charge in [-0.3, -0.25) is 9.59 Å². The van der Waals surface area contributed by atoms with E-state index in [0.29, 0.717) is 37.2 Å². The molecule has 0 N–H and O–H groups in total. The first kappa shape index (κ1) is 23.8. The smallest absolute Gasteiger partial charge is 0.195 e. The molecular formula is C30H20O6S4. The van der Waals surface area contributed by atoms with Gasteiger partial charge in [-0.25, -0.2) is 0 Å². The van der Waals surface area contributed by atoms with Crippen LogP contribution in [0.2, 0.25) is 0 Å². The number of thiophene rings is 3. The van der Waals surface area contributed by atoms with E-state index in [-0.39, 0.29) is 17.0 Å². The fourth-order valence-electron chi connectivity index (χ4n) is 6.28. The molecule has 1 atom stereocenters. The molecular weight excluding hydrogens is 585 g/mol. The Morgan fingerprint density at radius 2 is 1.40 bits per heavy atom. The molecule has 1 unspecified atom stereocenters. The lowest BCUT2D eigenvalue weighted by Gasteiger charge is -2.22. The van der Waals surface area contributed by atoms with Crippen molar-refractivity contribution in [3.05, 3.63) is 59.7 Å². The highest BCUT2D eigenvalue weighted by Gasteiger charge is 2.35. The van der Waals surface area contributed by atoms with Crippen LogP contribution in [0.1, 0.15) is 16.0 Å². The van der Waals surface area contributed by atoms with Crippen molar-refractivity contribution in [2.24, 2.45) is 0 Å². The predicted molar refractivity (Wildman–Crippen MR) is 166 cm³/mol. The predicted octanol–water partition coefficient (Wildman–Crippen LogP) is 6.97. The summed E-state index contributed by atoms with van der Waals surface area (Å²) in [5.74, 6) is 3.26. The summed E-state index contributed by atoms with van der Waals surface area (Å²) in [6.07, 6.45) is -0.0140. The van der Waals surface area contributed by atoms with Crippen LogP contribution in [0, 0.1) is 13.8 Å². The molecule has 3 aliphatic heterocycles. The van der Waals surface area contributed by atoms with Crippen molar-refractivity contribution in [1.82, 2.24) is 0 Å². The SMILES string of the molecule is Cc1c(C2=C3OCCOC3CS2)sc2c1c(=O)c1cc3c(cc12)c(=O)c1c(C)c(-c2scc4c2OCCO4)sc13. The summed E-state index contributed by atoms with van der Waals surface area (Å²) in [4.78, 5) is 31.9. The molecule has 40 heavy (non-hydrogen) atoms. The third-order valence-corrected chi connectivity index (χ3v) is 13.2. The van der Waals surface area contributed by atoms with E-state index >= 15 is 0 Å². The van der Waals surface area contributed by atoms with Crippen LogP contribution in [0.4, 0.5) is 0 Å². The topological polar surface area (TPSA) is 71.1 Å². The van der Waals surface area contributed by atoms with Crippen LogP contribution in [-0.4, -0.2) is 38.3 Å². The second-order valence-electron chi connectivity index (χ2n) is 10.3. The molecule has 3 aromatic carbocycles. The van der Waals surface area contributed by atoms with Crippen LogP contribution in [0.5, 0.6) is 11.5 Å². The Labute approximate surface area is 243 Å². The molecule has 3 aliphatic rings. The van der Waals surface area contributed by atoms with Crippen molar-refractivity contribution in [3.8, 4) is 21.3 Å². The van der Waals surface area contributed by atoms with Crippen LogP contribution in [0.15, 0.2) is 32.9 Å². The van der Waals surface area contributed by atoms with Crippen LogP contribution in [-0.2, 0) is 9.47 Å². The maximum atomic E-state index is 13.9. The van der Waals surface area contributed by atoms with Crippen LogP contribution >= 0.6 is 45.8 Å². The van der Waals surface area contributed by atoms with Crippen molar-refractivity contribution in [2.75, 3.05) is 32.2 Å². The molecule has 0 radical (unpaired) electrons. The molecule has 1 fully saturated rings. The first-order valence-electron chi connectivity index (χ1n) is 13.1. The van der Waals surface area contributed by atoms with Gasteiger partial charge in [0.05, 0.1) is 21.3 Å². The molecule has 6 nitrogen and oxygen atoms in total. The van der Waals surface area contributed by atoms with Gasteiger partial charge in [0, 0.05) is 57.7 Å². The zero-order valence-electron chi connectivity index (χ0n) is 21.4. The minimum absolute atomic E-state index is 0.0140. The summed E-state index contributed by atoms with van der Waals surface area (Å²) in [5, 5.41) is 6.54. The average Bonchev–Trinajstić information content (AvgIpc) is 3.79. The molecule has 0 aliphatic carbocycles. The molecule has 3 aromatic heterocycles. The number of hydrogen-bond donors (Lipinski definition) is 0. The van der Waals surface area contributed by atoms with E-state index in [1.807, 2.05) is 31.4 Å². The van der Waals surface area contributed by atoms with Gasteiger partial charge in [-0.05, 0) is 37.1 Å². The second-order valence-corrected chi connectivity index (χ2v) is 14.2. The van der Waals surface area contributed by atoms with Gasteiger partial charge in [0.1, 0.15) is 31.7 Å². The standard InChI is InChI=1S/C30H20O6S4/c1-11-19-21(31)13-7-16-14(8-15(13)27(19)39-25(11)29-23-17(9-37-29)33-3-5-35-23)22(32)20-12(2)26(40-28(16)20)30-24-18(10-38-30)34-4-6-36-24/h7-9,18H,3-6,10H2,1-2H3. The van der Waals surface area contributed by atoms with E-state index in [4.69, 9.17) is 18.9 Å². The van der Waals surface area contributed by atoms with Crippen LogP contribution in [0.3, 0.4) is 0 Å². The van der Waals surface area contributed by atoms with E-state index in [1.54, 1.807) is 45.8 Å². The third kappa shape index (κ3) is 2.98. The quantitative estimate of drug-likeness (QED) is 0.212. The second kappa shape index (κ2) is 8.33. The Morgan fingerprint density at radius 1 is 0.750 bits per heavy atom. The summed E-state index contributed by atoms with van der Waals surface area (Å²) in [5.41, 5.74) is 2.00. The minimum atomic E-state index is -0.0140. The number of fused-ring (bicyclic) bond motifs is 8. The zero-order chi connectivity index (χ0) is 26.9. The Kier molecular flexibility index (Phi) is 4.95. The molecule has 6 heterocycles. The first-order valence-corrected chi connectivity index (χ1v) is 16.5. The molecule has 0 bridgehead atoms. The van der Waals surface area contributed by atoms with Gasteiger partial charge in [-0.15, -0.1) is 45.8 Å². The molecule has 9 rings (SSSR count). The summed E-state index contributed by atoms with van der Waals surface area (Å²) in [6, 6.07) is 3.90. The average molecular weight is 605 g/mol. The highest BCUT2D eigenvalue weighted by Crippen LogP contribution is 2.52. The number of benzene rings is 1. The van der Waals surface area contributed by atoms with Crippen LogP contribution in [0.25, 0.3) is 56.4 Å². The Balaban J connectivity index is 1.26. The Hall–Kier alpha value is -2.89. The highest BCUT2D eigenvalue weighted by atomic mass is 32.2. The van der Waals surface area contributed by atoms with Crippen molar-refractivity contribution in [3.63, 3.8) is 0 Å². The van der Waals surface area contributed by atoms with Gasteiger partial charge in [0.25, 0.3) is 0 Å². The highest BCUT2D eigenvalue weighted by molar-refractivity contribution is 8.08. The van der Waals surface area contributed by atoms with Crippen molar-refractivity contribution < 1.29 is 18.9 Å². The lowest BCUT2D eigenvalue weighted by atomic mass is 10.1. The summed E-state index contributed by atoms with van der Waals surface area (Å²) in [6.45, 7) is 6.25. The van der Waals surface area contributed by atoms with Gasteiger partial charge in [-0.2, -0.15) is 0 Å². The van der Waals surface area contributed by atoms with Crippen molar-refractivity contribution in [1.29, 1.82) is 0 Å². The summed E-state index contributed by atoms with van der Waals surface area (Å²) in [7, 11) is 0. The van der Waals surface area contributed by atoms with Crippen molar-refractivity contribution >= 4 is 92.4 Å². The van der Waals surface area contributed by atoms with Gasteiger partial charge < -0.3 is 18.9 Å². The number of aryl methyl sites for hydroxylation is 2. The third-order valence-electron chi connectivity index (χ3n) is 8.15. The number of rotatable bonds is 2. The summed E-state index contributed by atoms with van der Waals surface area (Å²) < 4.78 is 25.5. The van der Waals surface area contributed by atoms with Crippen molar-refractivity contribution in [2.45, 2.75) is 20.0 Å². The largest absolute Gasteiger partial charge is 0.491 e. The fourth-order valence-corrected chi connectivity index (χ4v) is 11.5. The lowest BCUT2D eigenvalue weighted by molar-refractivity contribution is -0.0282. The first-order chi connectivity index (χ1) is 19.5. The van der Waals surface area contributed by atoms with E-state index in [9.17, 15) is 9.59 Å². The monoisotopic (exact) mass is 604 g/mol. The summed E-state index contributed by atoms with van der Waals surface area (Å²) >= 11 is 6.55. The fraction of sp³-hybridized carbons (Fsp3) is 0.267. The van der Waals surface area contributed by atoms with Gasteiger partial charge >= 0.3 is 0 Å². The molecule has 6 aromatic rings. The van der Waals surface area contributed by atoms with Gasteiger partial charge in [-0.1, -0.05) is 0 Å². The normalized spacial score (nSPS) is 19.0. The number of thioether (sulfide) groups is 1. The Bertz CT molecular complexity index is 2200. The molecule has 0 spiro atoms. The van der Waals surface area contributed by atoms with Gasteiger partial charge in [0.15, 0.2) is 22.4 Å². The zero-order valence-corrected chi connectivity index (χ0v) is 24.7.